The van der Waals surface area contributed by atoms with E-state index in [1.54, 1.807) is 25.3 Å². The van der Waals surface area contributed by atoms with Crippen LogP contribution in [0.2, 0.25) is 5.02 Å². The molecule has 84 valence electrons. The van der Waals surface area contributed by atoms with Gasteiger partial charge in [0.15, 0.2) is 0 Å². The SMILES string of the molecule is COCC(C)NCc1cccc(Cl)c1F. The maximum absolute atomic E-state index is 13.4. The van der Waals surface area contributed by atoms with E-state index in [1.807, 2.05) is 6.92 Å². The topological polar surface area (TPSA) is 21.3 Å². The lowest BCUT2D eigenvalue weighted by atomic mass is 10.2. The summed E-state index contributed by atoms with van der Waals surface area (Å²) in [6.07, 6.45) is 0. The van der Waals surface area contributed by atoms with Gasteiger partial charge < -0.3 is 10.1 Å². The highest BCUT2D eigenvalue weighted by atomic mass is 35.5. The lowest BCUT2D eigenvalue weighted by Gasteiger charge is -2.13. The average molecular weight is 232 g/mol. The number of halogens is 2. The van der Waals surface area contributed by atoms with Gasteiger partial charge in [-0.2, -0.15) is 0 Å². The highest BCUT2D eigenvalue weighted by Gasteiger charge is 2.07. The first-order chi connectivity index (χ1) is 7.15. The van der Waals surface area contributed by atoms with E-state index in [1.165, 1.54) is 0 Å². The molecule has 0 saturated carbocycles. The fourth-order valence-corrected chi connectivity index (χ4v) is 1.47. The molecular weight excluding hydrogens is 217 g/mol. The molecule has 0 aliphatic heterocycles. The van der Waals surface area contributed by atoms with Crippen LogP contribution in [-0.4, -0.2) is 19.8 Å². The molecule has 4 heteroatoms. The molecule has 0 fully saturated rings. The number of hydrogen-bond donors (Lipinski definition) is 1. The maximum atomic E-state index is 13.4. The molecule has 0 aliphatic rings. The summed E-state index contributed by atoms with van der Waals surface area (Å²) in [6.45, 7) is 3.03. The van der Waals surface area contributed by atoms with E-state index in [-0.39, 0.29) is 16.9 Å². The Kier molecular flexibility index (Phi) is 5.02. The third kappa shape index (κ3) is 3.78. The summed E-state index contributed by atoms with van der Waals surface area (Å²) in [4.78, 5) is 0. The van der Waals surface area contributed by atoms with Crippen LogP contribution in [-0.2, 0) is 11.3 Å². The molecular formula is C11H15ClFNO. The molecule has 0 saturated heterocycles. The number of benzene rings is 1. The largest absolute Gasteiger partial charge is 0.383 e. The number of nitrogens with one attached hydrogen (secondary N) is 1. The van der Waals surface area contributed by atoms with Crippen LogP contribution in [0.5, 0.6) is 0 Å². The first-order valence-electron chi connectivity index (χ1n) is 4.80. The van der Waals surface area contributed by atoms with E-state index < -0.39 is 0 Å². The fourth-order valence-electron chi connectivity index (χ4n) is 1.28. The van der Waals surface area contributed by atoms with Crippen molar-refractivity contribution in [3.63, 3.8) is 0 Å². The third-order valence-corrected chi connectivity index (χ3v) is 2.38. The Morgan fingerprint density at radius 3 is 2.93 bits per heavy atom. The van der Waals surface area contributed by atoms with Gasteiger partial charge in [-0.3, -0.25) is 0 Å². The molecule has 0 amide bonds. The Bertz CT molecular complexity index is 319. The second-order valence-corrected chi connectivity index (χ2v) is 3.86. The minimum atomic E-state index is -0.351. The van der Waals surface area contributed by atoms with Gasteiger partial charge in [-0.15, -0.1) is 0 Å². The van der Waals surface area contributed by atoms with Crippen molar-refractivity contribution in [3.8, 4) is 0 Å². The van der Waals surface area contributed by atoms with Crippen LogP contribution in [0, 0.1) is 5.82 Å². The molecule has 2 nitrogen and oxygen atoms in total. The Labute approximate surface area is 94.4 Å². The molecule has 1 N–H and O–H groups in total. The summed E-state index contributed by atoms with van der Waals surface area (Å²) in [5.74, 6) is -0.351. The number of methoxy groups -OCH3 is 1. The normalized spacial score (nSPS) is 12.8. The first-order valence-corrected chi connectivity index (χ1v) is 5.18. The van der Waals surface area contributed by atoms with Gasteiger partial charge in [-0.1, -0.05) is 23.7 Å². The maximum Gasteiger partial charge on any atom is 0.146 e. The van der Waals surface area contributed by atoms with Crippen molar-refractivity contribution in [3.05, 3.63) is 34.6 Å². The second-order valence-electron chi connectivity index (χ2n) is 3.45. The second kappa shape index (κ2) is 6.05. The van der Waals surface area contributed by atoms with E-state index in [0.717, 1.165) is 0 Å². The van der Waals surface area contributed by atoms with Crippen LogP contribution in [0.4, 0.5) is 4.39 Å². The van der Waals surface area contributed by atoms with Crippen LogP contribution in [0.25, 0.3) is 0 Å². The molecule has 15 heavy (non-hydrogen) atoms. The van der Waals surface area contributed by atoms with Gasteiger partial charge in [0.05, 0.1) is 11.6 Å². The van der Waals surface area contributed by atoms with Crippen molar-refractivity contribution in [1.82, 2.24) is 5.32 Å². The lowest BCUT2D eigenvalue weighted by Crippen LogP contribution is -2.29. The van der Waals surface area contributed by atoms with Gasteiger partial charge in [0.2, 0.25) is 0 Å². The van der Waals surface area contributed by atoms with E-state index >= 15 is 0 Å². The van der Waals surface area contributed by atoms with Crippen molar-refractivity contribution in [2.24, 2.45) is 0 Å². The minimum Gasteiger partial charge on any atom is -0.383 e. The Morgan fingerprint density at radius 2 is 2.27 bits per heavy atom. The predicted molar refractivity (Wildman–Crippen MR) is 59.6 cm³/mol. The van der Waals surface area contributed by atoms with Gasteiger partial charge >= 0.3 is 0 Å². The first kappa shape index (κ1) is 12.4. The van der Waals surface area contributed by atoms with Gasteiger partial charge in [-0.25, -0.2) is 4.39 Å². The summed E-state index contributed by atoms with van der Waals surface area (Å²) >= 11 is 5.66. The van der Waals surface area contributed by atoms with Crippen molar-refractivity contribution >= 4 is 11.6 Å². The highest BCUT2D eigenvalue weighted by Crippen LogP contribution is 2.17. The van der Waals surface area contributed by atoms with Crippen LogP contribution in [0.1, 0.15) is 12.5 Å². The zero-order valence-electron chi connectivity index (χ0n) is 8.89. The number of rotatable bonds is 5. The molecule has 1 rings (SSSR count). The number of hydrogen-bond acceptors (Lipinski definition) is 2. The minimum absolute atomic E-state index is 0.161. The molecule has 1 atom stereocenters. The summed E-state index contributed by atoms with van der Waals surface area (Å²) in [5, 5.41) is 3.31. The summed E-state index contributed by atoms with van der Waals surface area (Å²) < 4.78 is 18.4. The molecule has 0 spiro atoms. The van der Waals surface area contributed by atoms with E-state index in [0.29, 0.717) is 18.7 Å². The zero-order valence-corrected chi connectivity index (χ0v) is 9.64. The Hall–Kier alpha value is -0.640. The Balaban J connectivity index is 2.54. The van der Waals surface area contributed by atoms with E-state index in [9.17, 15) is 4.39 Å². The molecule has 0 aliphatic carbocycles. The van der Waals surface area contributed by atoms with Crippen LogP contribution in [0.15, 0.2) is 18.2 Å². The van der Waals surface area contributed by atoms with Gasteiger partial charge in [-0.05, 0) is 13.0 Å². The van der Waals surface area contributed by atoms with Crippen LogP contribution in [0.3, 0.4) is 0 Å². The van der Waals surface area contributed by atoms with Gasteiger partial charge in [0.1, 0.15) is 5.82 Å². The zero-order chi connectivity index (χ0) is 11.3. The lowest BCUT2D eigenvalue weighted by molar-refractivity contribution is 0.171. The smallest absolute Gasteiger partial charge is 0.146 e. The molecule has 0 bridgehead atoms. The van der Waals surface area contributed by atoms with Gasteiger partial charge in [0, 0.05) is 25.3 Å². The fraction of sp³-hybridized carbons (Fsp3) is 0.455. The number of ether oxygens (including phenoxy) is 1. The van der Waals surface area contributed by atoms with Crippen molar-refractivity contribution in [2.75, 3.05) is 13.7 Å². The summed E-state index contributed by atoms with van der Waals surface area (Å²) in [7, 11) is 1.64. The Morgan fingerprint density at radius 1 is 1.53 bits per heavy atom. The summed E-state index contributed by atoms with van der Waals surface area (Å²) in [6, 6.07) is 5.18. The molecule has 1 unspecified atom stereocenters. The third-order valence-electron chi connectivity index (χ3n) is 2.09. The van der Waals surface area contributed by atoms with Crippen molar-refractivity contribution < 1.29 is 9.13 Å². The highest BCUT2D eigenvalue weighted by molar-refractivity contribution is 6.30. The predicted octanol–water partition coefficient (Wildman–Crippen LogP) is 2.60. The van der Waals surface area contributed by atoms with E-state index in [4.69, 9.17) is 16.3 Å². The van der Waals surface area contributed by atoms with Gasteiger partial charge in [0.25, 0.3) is 0 Å². The molecule has 0 heterocycles. The average Bonchev–Trinajstić information content (AvgIpc) is 2.21. The molecule has 1 aromatic rings. The van der Waals surface area contributed by atoms with E-state index in [2.05, 4.69) is 5.32 Å². The molecule has 0 aromatic heterocycles. The monoisotopic (exact) mass is 231 g/mol. The van der Waals surface area contributed by atoms with Crippen molar-refractivity contribution in [2.45, 2.75) is 19.5 Å². The standard InChI is InChI=1S/C11H15ClFNO/c1-8(7-15-2)14-6-9-4-3-5-10(12)11(9)13/h3-5,8,14H,6-7H2,1-2H3. The van der Waals surface area contributed by atoms with Crippen LogP contribution >= 0.6 is 11.6 Å². The van der Waals surface area contributed by atoms with Crippen molar-refractivity contribution in [1.29, 1.82) is 0 Å². The summed E-state index contributed by atoms with van der Waals surface area (Å²) in [5.41, 5.74) is 0.574. The quantitative estimate of drug-likeness (QED) is 0.841. The van der Waals surface area contributed by atoms with Crippen LogP contribution < -0.4 is 5.32 Å². The molecule has 1 aromatic carbocycles. The molecule has 0 radical (unpaired) electrons.